The number of rotatable bonds is 2. The molecule has 3 heteroatoms. The van der Waals surface area contributed by atoms with Crippen LogP contribution in [0.2, 0.25) is 0 Å². The predicted molar refractivity (Wildman–Crippen MR) is 55.7 cm³/mol. The van der Waals surface area contributed by atoms with Crippen molar-refractivity contribution in [3.8, 4) is 0 Å². The normalized spacial score (nSPS) is 41.0. The zero-order chi connectivity index (χ0) is 10.2. The van der Waals surface area contributed by atoms with Crippen molar-refractivity contribution in [1.29, 1.82) is 0 Å². The maximum Gasteiger partial charge on any atom is 0.225 e. The number of carbonyl (C=O) groups is 1. The highest BCUT2D eigenvalue weighted by Crippen LogP contribution is 2.56. The van der Waals surface area contributed by atoms with Crippen molar-refractivity contribution < 1.29 is 4.79 Å². The molecule has 80 valence electrons. The van der Waals surface area contributed by atoms with Crippen LogP contribution in [0.25, 0.3) is 0 Å². The van der Waals surface area contributed by atoms with Crippen molar-refractivity contribution in [3.05, 3.63) is 0 Å². The fourth-order valence-electron chi connectivity index (χ4n) is 3.18. The first-order valence-electron chi connectivity index (χ1n) is 5.59. The molecule has 0 atom stereocenters. The average Bonchev–Trinajstić information content (AvgIpc) is 2.30. The van der Waals surface area contributed by atoms with Gasteiger partial charge in [-0.25, -0.2) is 0 Å². The van der Waals surface area contributed by atoms with Crippen LogP contribution in [0.5, 0.6) is 0 Å². The van der Waals surface area contributed by atoms with E-state index >= 15 is 0 Å². The monoisotopic (exact) mass is 196 g/mol. The third-order valence-corrected chi connectivity index (χ3v) is 4.54. The van der Waals surface area contributed by atoms with Gasteiger partial charge in [0.15, 0.2) is 0 Å². The van der Waals surface area contributed by atoms with E-state index in [0.717, 1.165) is 45.1 Å². The summed E-state index contributed by atoms with van der Waals surface area (Å²) in [5, 5.41) is 2.81. The number of nitrogens with two attached hydrogens (primary N) is 1. The van der Waals surface area contributed by atoms with E-state index in [1.54, 1.807) is 7.05 Å². The van der Waals surface area contributed by atoms with Gasteiger partial charge in [0.2, 0.25) is 5.91 Å². The zero-order valence-corrected chi connectivity index (χ0v) is 8.94. The van der Waals surface area contributed by atoms with Crippen LogP contribution in [0.15, 0.2) is 0 Å². The summed E-state index contributed by atoms with van der Waals surface area (Å²) in [6.45, 7) is 0.802. The van der Waals surface area contributed by atoms with Crippen LogP contribution in [0.4, 0.5) is 0 Å². The van der Waals surface area contributed by atoms with E-state index in [4.69, 9.17) is 5.73 Å². The molecule has 0 heterocycles. The Morgan fingerprint density at radius 1 is 1.21 bits per heavy atom. The lowest BCUT2D eigenvalue weighted by Crippen LogP contribution is -2.51. The third-order valence-electron chi connectivity index (χ3n) is 4.54. The van der Waals surface area contributed by atoms with E-state index in [1.807, 2.05) is 0 Å². The molecule has 0 aromatic carbocycles. The smallest absolute Gasteiger partial charge is 0.225 e. The molecule has 3 aliphatic carbocycles. The molecule has 14 heavy (non-hydrogen) atoms. The van der Waals surface area contributed by atoms with Gasteiger partial charge < -0.3 is 11.1 Å². The van der Waals surface area contributed by atoms with Crippen molar-refractivity contribution in [2.24, 2.45) is 16.6 Å². The minimum atomic E-state index is -0.0360. The Morgan fingerprint density at radius 2 is 1.71 bits per heavy atom. The fraction of sp³-hybridized carbons (Fsp3) is 0.909. The maximum absolute atomic E-state index is 11.8. The zero-order valence-electron chi connectivity index (χ0n) is 8.94. The molecule has 0 aliphatic heterocycles. The second kappa shape index (κ2) is 3.23. The lowest BCUT2D eigenvalue weighted by atomic mass is 9.53. The summed E-state index contributed by atoms with van der Waals surface area (Å²) in [6, 6.07) is 0. The number of hydrogen-bond acceptors (Lipinski definition) is 2. The molecular formula is C11H20N2O. The number of nitrogens with one attached hydrogen (secondary N) is 1. The molecule has 0 aromatic rings. The van der Waals surface area contributed by atoms with Crippen molar-refractivity contribution in [2.75, 3.05) is 13.6 Å². The van der Waals surface area contributed by atoms with Gasteiger partial charge in [-0.2, -0.15) is 0 Å². The Balaban J connectivity index is 2.12. The Labute approximate surface area is 85.4 Å². The molecule has 3 aliphatic rings. The van der Waals surface area contributed by atoms with Crippen LogP contribution in [0, 0.1) is 10.8 Å². The van der Waals surface area contributed by atoms with E-state index in [-0.39, 0.29) is 11.3 Å². The highest BCUT2D eigenvalue weighted by Gasteiger charge is 2.51. The minimum Gasteiger partial charge on any atom is -0.359 e. The topological polar surface area (TPSA) is 55.1 Å². The molecule has 0 spiro atoms. The Morgan fingerprint density at radius 3 is 2.07 bits per heavy atom. The van der Waals surface area contributed by atoms with Crippen LogP contribution in [-0.4, -0.2) is 19.5 Å². The quantitative estimate of drug-likeness (QED) is 0.693. The summed E-state index contributed by atoms with van der Waals surface area (Å²) in [6.07, 6.45) is 6.59. The minimum absolute atomic E-state index is 0.0360. The second-order valence-corrected chi connectivity index (χ2v) is 5.06. The maximum atomic E-state index is 11.8. The number of fused-ring (bicyclic) bond motifs is 3. The average molecular weight is 196 g/mol. The SMILES string of the molecule is CNC(=O)C12CCC(CN)(CC1)CC2. The molecule has 0 aromatic heterocycles. The molecule has 3 saturated carbocycles. The van der Waals surface area contributed by atoms with Crippen LogP contribution >= 0.6 is 0 Å². The number of amides is 1. The highest BCUT2D eigenvalue weighted by molar-refractivity contribution is 5.82. The molecule has 3 rings (SSSR count). The van der Waals surface area contributed by atoms with Crippen LogP contribution in [0.1, 0.15) is 38.5 Å². The molecule has 1 amide bonds. The second-order valence-electron chi connectivity index (χ2n) is 5.06. The molecule has 3 N–H and O–H groups in total. The first-order chi connectivity index (χ1) is 6.66. The van der Waals surface area contributed by atoms with Gasteiger partial charge >= 0.3 is 0 Å². The molecule has 0 unspecified atom stereocenters. The highest BCUT2D eigenvalue weighted by atomic mass is 16.2. The summed E-state index contributed by atoms with van der Waals surface area (Å²) in [4.78, 5) is 11.8. The molecule has 2 bridgehead atoms. The molecule has 0 radical (unpaired) electrons. The molecule has 0 saturated heterocycles. The lowest BCUT2D eigenvalue weighted by Gasteiger charge is -2.52. The van der Waals surface area contributed by atoms with Gasteiger partial charge in [0.25, 0.3) is 0 Å². The van der Waals surface area contributed by atoms with Crippen molar-refractivity contribution in [2.45, 2.75) is 38.5 Å². The van der Waals surface area contributed by atoms with E-state index in [2.05, 4.69) is 5.32 Å². The van der Waals surface area contributed by atoms with Gasteiger partial charge in [0, 0.05) is 12.5 Å². The van der Waals surface area contributed by atoms with Crippen LogP contribution in [0.3, 0.4) is 0 Å². The lowest BCUT2D eigenvalue weighted by molar-refractivity contribution is -0.139. The van der Waals surface area contributed by atoms with Crippen molar-refractivity contribution in [3.63, 3.8) is 0 Å². The Bertz CT molecular complexity index is 225. The first kappa shape index (κ1) is 9.97. The van der Waals surface area contributed by atoms with E-state index in [0.29, 0.717) is 5.41 Å². The van der Waals surface area contributed by atoms with Crippen LogP contribution in [-0.2, 0) is 4.79 Å². The van der Waals surface area contributed by atoms with Crippen LogP contribution < -0.4 is 11.1 Å². The molecule has 3 nitrogen and oxygen atoms in total. The van der Waals surface area contributed by atoms with Gasteiger partial charge in [0.1, 0.15) is 0 Å². The first-order valence-corrected chi connectivity index (χ1v) is 5.59. The summed E-state index contributed by atoms with van der Waals surface area (Å²) >= 11 is 0. The third kappa shape index (κ3) is 1.26. The summed E-state index contributed by atoms with van der Waals surface area (Å²) in [5.74, 6) is 0.253. The van der Waals surface area contributed by atoms with Crippen molar-refractivity contribution in [1.82, 2.24) is 5.32 Å². The van der Waals surface area contributed by atoms with E-state index in [9.17, 15) is 4.79 Å². The Kier molecular flexibility index (Phi) is 2.30. The molecule has 3 fully saturated rings. The van der Waals surface area contributed by atoms with Gasteiger partial charge in [0.05, 0.1) is 0 Å². The summed E-state index contributed by atoms with van der Waals surface area (Å²) < 4.78 is 0. The van der Waals surface area contributed by atoms with Gasteiger partial charge in [-0.15, -0.1) is 0 Å². The standard InChI is InChI=1S/C11H20N2O/c1-13-9(14)11-5-2-10(8-12,3-6-11)4-7-11/h2-8,12H2,1H3,(H,13,14). The van der Waals surface area contributed by atoms with Gasteiger partial charge in [-0.3, -0.25) is 4.79 Å². The van der Waals surface area contributed by atoms with Gasteiger partial charge in [-0.05, 0) is 50.5 Å². The predicted octanol–water partition coefficient (Wildman–Crippen LogP) is 1.03. The summed E-state index contributed by atoms with van der Waals surface area (Å²) in [7, 11) is 1.75. The Hall–Kier alpha value is -0.570. The van der Waals surface area contributed by atoms with Gasteiger partial charge in [-0.1, -0.05) is 0 Å². The largest absolute Gasteiger partial charge is 0.359 e. The summed E-state index contributed by atoms with van der Waals surface area (Å²) in [5.41, 5.74) is 6.17. The number of hydrogen-bond donors (Lipinski definition) is 2. The number of carbonyl (C=O) groups excluding carboxylic acids is 1. The van der Waals surface area contributed by atoms with Crippen molar-refractivity contribution >= 4 is 5.91 Å². The van der Waals surface area contributed by atoms with E-state index < -0.39 is 0 Å². The van der Waals surface area contributed by atoms with E-state index in [1.165, 1.54) is 0 Å². The molecular weight excluding hydrogens is 176 g/mol. The fourth-order valence-corrected chi connectivity index (χ4v) is 3.18.